The van der Waals surface area contributed by atoms with Gasteiger partial charge in [-0.1, -0.05) is 50.2 Å². The van der Waals surface area contributed by atoms with Gasteiger partial charge in [-0.3, -0.25) is 14.6 Å². The minimum absolute atomic E-state index is 0.0972. The maximum absolute atomic E-state index is 12.7. The van der Waals surface area contributed by atoms with Crippen LogP contribution in [0.5, 0.6) is 0 Å². The van der Waals surface area contributed by atoms with Crippen molar-refractivity contribution in [2.45, 2.75) is 40.0 Å². The molecular weight excluding hydrogens is 362 g/mol. The van der Waals surface area contributed by atoms with Crippen LogP contribution in [0.15, 0.2) is 54.7 Å². The van der Waals surface area contributed by atoms with Crippen LogP contribution >= 0.6 is 0 Å². The Morgan fingerprint density at radius 1 is 0.966 bits per heavy atom. The smallest absolute Gasteiger partial charge is 0.226 e. The van der Waals surface area contributed by atoms with Gasteiger partial charge in [0.15, 0.2) is 0 Å². The summed E-state index contributed by atoms with van der Waals surface area (Å²) in [5, 5.41) is 4.03. The predicted octanol–water partition coefficient (Wildman–Crippen LogP) is 4.74. The highest BCUT2D eigenvalue weighted by Gasteiger charge is 2.17. The summed E-state index contributed by atoms with van der Waals surface area (Å²) in [5.74, 6) is -0.209. The fourth-order valence-electron chi connectivity index (χ4n) is 3.57. The first-order valence-electron chi connectivity index (χ1n) is 10.1. The third-order valence-electron chi connectivity index (χ3n) is 5.11. The topological polar surface area (TPSA) is 62.3 Å². The number of rotatable bonds is 7. The summed E-state index contributed by atoms with van der Waals surface area (Å²) in [6.45, 7) is 5.97. The van der Waals surface area contributed by atoms with Gasteiger partial charge in [0.05, 0.1) is 11.2 Å². The van der Waals surface area contributed by atoms with Crippen LogP contribution in [-0.4, -0.2) is 23.3 Å². The zero-order chi connectivity index (χ0) is 20.8. The van der Waals surface area contributed by atoms with Gasteiger partial charge in [0.25, 0.3) is 0 Å². The number of para-hydroxylation sites is 2. The molecule has 0 atom stereocenters. The summed E-state index contributed by atoms with van der Waals surface area (Å²) >= 11 is 0. The average molecular weight is 389 g/mol. The summed E-state index contributed by atoms with van der Waals surface area (Å²) in [7, 11) is 0. The van der Waals surface area contributed by atoms with E-state index in [0.717, 1.165) is 46.2 Å². The Morgan fingerprint density at radius 2 is 1.62 bits per heavy atom. The summed E-state index contributed by atoms with van der Waals surface area (Å²) in [5.41, 5.74) is 4.64. The Balaban J connectivity index is 1.78. The van der Waals surface area contributed by atoms with Crippen molar-refractivity contribution in [3.8, 4) is 0 Å². The highest BCUT2D eigenvalue weighted by Crippen LogP contribution is 2.26. The largest absolute Gasteiger partial charge is 0.326 e. The quantitative estimate of drug-likeness (QED) is 0.635. The molecule has 0 spiro atoms. The molecule has 3 aromatic rings. The standard InChI is InChI=1S/C24H27N3O2/c1-4-18-9-6-10-19(5-2)23(18)26-22(29)14-16-27(17(3)28)21-13-7-11-20-12-8-15-25-24(20)21/h6-13,15H,4-5,14,16H2,1-3H3,(H,26,29). The third kappa shape index (κ3) is 4.62. The Bertz CT molecular complexity index is 1000. The number of fused-ring (bicyclic) bond motifs is 1. The highest BCUT2D eigenvalue weighted by atomic mass is 16.2. The Morgan fingerprint density at radius 3 is 2.28 bits per heavy atom. The Labute approximate surface area is 171 Å². The van der Waals surface area contributed by atoms with Crippen molar-refractivity contribution in [2.75, 3.05) is 16.8 Å². The van der Waals surface area contributed by atoms with E-state index in [1.165, 1.54) is 6.92 Å². The van der Waals surface area contributed by atoms with Crippen LogP contribution < -0.4 is 10.2 Å². The van der Waals surface area contributed by atoms with E-state index < -0.39 is 0 Å². The molecule has 0 aliphatic rings. The second-order valence-electron chi connectivity index (χ2n) is 6.98. The molecule has 0 unspecified atom stereocenters. The molecule has 0 radical (unpaired) electrons. The molecule has 1 heterocycles. The van der Waals surface area contributed by atoms with Crippen molar-refractivity contribution < 1.29 is 9.59 Å². The molecule has 0 bridgehead atoms. The number of nitrogens with zero attached hydrogens (tertiary/aromatic N) is 2. The summed E-state index contributed by atoms with van der Waals surface area (Å²) < 4.78 is 0. The van der Waals surface area contributed by atoms with Crippen LogP contribution in [0.2, 0.25) is 0 Å². The van der Waals surface area contributed by atoms with Crippen LogP contribution in [-0.2, 0) is 22.4 Å². The molecule has 0 saturated carbocycles. The number of amides is 2. The lowest BCUT2D eigenvalue weighted by Crippen LogP contribution is -2.32. The molecule has 2 amide bonds. The van der Waals surface area contributed by atoms with Crippen LogP contribution in [0.25, 0.3) is 10.9 Å². The highest BCUT2D eigenvalue weighted by molar-refractivity contribution is 6.02. The first-order chi connectivity index (χ1) is 14.0. The van der Waals surface area contributed by atoms with Crippen LogP contribution in [0, 0.1) is 0 Å². The minimum atomic E-state index is -0.112. The van der Waals surface area contributed by atoms with E-state index in [2.05, 4.69) is 24.1 Å². The van der Waals surface area contributed by atoms with E-state index in [-0.39, 0.29) is 18.2 Å². The average Bonchev–Trinajstić information content (AvgIpc) is 2.74. The van der Waals surface area contributed by atoms with Crippen molar-refractivity contribution in [3.05, 3.63) is 65.9 Å². The molecule has 2 aromatic carbocycles. The van der Waals surface area contributed by atoms with E-state index >= 15 is 0 Å². The zero-order valence-corrected chi connectivity index (χ0v) is 17.2. The number of aromatic nitrogens is 1. The lowest BCUT2D eigenvalue weighted by atomic mass is 10.0. The van der Waals surface area contributed by atoms with Gasteiger partial charge in [0, 0.05) is 37.2 Å². The number of hydrogen-bond acceptors (Lipinski definition) is 3. The summed E-state index contributed by atoms with van der Waals surface area (Å²) in [6.07, 6.45) is 3.63. The number of carbonyl (C=O) groups is 2. The fourth-order valence-corrected chi connectivity index (χ4v) is 3.57. The molecule has 5 heteroatoms. The zero-order valence-electron chi connectivity index (χ0n) is 17.2. The van der Waals surface area contributed by atoms with Gasteiger partial charge < -0.3 is 10.2 Å². The maximum Gasteiger partial charge on any atom is 0.226 e. The molecule has 1 aromatic heterocycles. The fraction of sp³-hybridized carbons (Fsp3) is 0.292. The van der Waals surface area contributed by atoms with Gasteiger partial charge in [-0.25, -0.2) is 0 Å². The number of anilines is 2. The van der Waals surface area contributed by atoms with E-state index in [9.17, 15) is 9.59 Å². The van der Waals surface area contributed by atoms with Gasteiger partial charge in [0.2, 0.25) is 11.8 Å². The van der Waals surface area contributed by atoms with Gasteiger partial charge in [-0.2, -0.15) is 0 Å². The van der Waals surface area contributed by atoms with Crippen LogP contribution in [0.4, 0.5) is 11.4 Å². The molecular formula is C24H27N3O2. The molecule has 0 saturated heterocycles. The Hall–Kier alpha value is -3.21. The maximum atomic E-state index is 12.7. The van der Waals surface area contributed by atoms with Crippen molar-refractivity contribution in [2.24, 2.45) is 0 Å². The van der Waals surface area contributed by atoms with Gasteiger partial charge >= 0.3 is 0 Å². The van der Waals surface area contributed by atoms with Crippen molar-refractivity contribution in [3.63, 3.8) is 0 Å². The van der Waals surface area contributed by atoms with E-state index in [0.29, 0.717) is 6.54 Å². The second kappa shape index (κ2) is 9.32. The number of benzene rings is 2. The number of carbonyl (C=O) groups excluding carboxylic acids is 2. The molecule has 0 aliphatic carbocycles. The molecule has 1 N–H and O–H groups in total. The molecule has 0 aliphatic heterocycles. The third-order valence-corrected chi connectivity index (χ3v) is 5.11. The molecule has 5 nitrogen and oxygen atoms in total. The van der Waals surface area contributed by atoms with Crippen molar-refractivity contribution in [1.29, 1.82) is 0 Å². The van der Waals surface area contributed by atoms with E-state index in [1.807, 2.05) is 48.5 Å². The number of pyridine rings is 1. The van der Waals surface area contributed by atoms with Crippen LogP contribution in [0.3, 0.4) is 0 Å². The van der Waals surface area contributed by atoms with E-state index in [1.54, 1.807) is 11.1 Å². The second-order valence-corrected chi connectivity index (χ2v) is 6.98. The molecule has 3 rings (SSSR count). The predicted molar refractivity (Wildman–Crippen MR) is 118 cm³/mol. The SMILES string of the molecule is CCc1cccc(CC)c1NC(=O)CCN(C(C)=O)c1cccc2cccnc12. The number of nitrogens with one attached hydrogen (secondary N) is 1. The molecule has 29 heavy (non-hydrogen) atoms. The molecule has 0 fully saturated rings. The van der Waals surface area contributed by atoms with Gasteiger partial charge in [0.1, 0.15) is 0 Å². The van der Waals surface area contributed by atoms with Crippen molar-refractivity contribution >= 4 is 34.1 Å². The van der Waals surface area contributed by atoms with E-state index in [4.69, 9.17) is 0 Å². The van der Waals surface area contributed by atoms with Gasteiger partial charge in [-0.05, 0) is 36.1 Å². The Kier molecular flexibility index (Phi) is 6.60. The molecule has 150 valence electrons. The minimum Gasteiger partial charge on any atom is -0.326 e. The lowest BCUT2D eigenvalue weighted by Gasteiger charge is -2.22. The van der Waals surface area contributed by atoms with Crippen molar-refractivity contribution in [1.82, 2.24) is 4.98 Å². The lowest BCUT2D eigenvalue weighted by molar-refractivity contribution is -0.117. The monoisotopic (exact) mass is 389 g/mol. The normalized spacial score (nSPS) is 10.7. The summed E-state index contributed by atoms with van der Waals surface area (Å²) in [6, 6.07) is 15.7. The summed E-state index contributed by atoms with van der Waals surface area (Å²) in [4.78, 5) is 31.1. The van der Waals surface area contributed by atoms with Gasteiger partial charge in [-0.15, -0.1) is 0 Å². The number of hydrogen-bond donors (Lipinski definition) is 1. The first-order valence-corrected chi connectivity index (χ1v) is 10.1. The first kappa shape index (κ1) is 20.5. The number of aryl methyl sites for hydroxylation is 2. The van der Waals surface area contributed by atoms with Crippen LogP contribution in [0.1, 0.15) is 38.3 Å².